The summed E-state index contributed by atoms with van der Waals surface area (Å²) in [7, 11) is 0. The number of hydrogen-bond donors (Lipinski definition) is 1. The Kier molecular flexibility index (Phi) is 4.64. The molecule has 0 bridgehead atoms. The molecule has 0 atom stereocenters. The van der Waals surface area contributed by atoms with Gasteiger partial charge < -0.3 is 0 Å². The second-order valence-electron chi connectivity index (χ2n) is 4.21. The maximum Gasteiger partial charge on any atom is 0.334 e. The van der Waals surface area contributed by atoms with E-state index in [2.05, 4.69) is 4.98 Å². The van der Waals surface area contributed by atoms with Crippen LogP contribution in [0.4, 0.5) is 4.39 Å². The predicted molar refractivity (Wildman–Crippen MR) is 84.3 cm³/mol. The molecule has 1 heterocycles. The first-order valence-electron chi connectivity index (χ1n) is 5.94. The third-order valence-corrected chi connectivity index (χ3v) is 3.98. The lowest BCUT2D eigenvalue weighted by Gasteiger charge is -2.10. The standard InChI is InChI=1S/C13H11ClFIN2O2/c1-2-3-8-11(14)17-13(20)18(12(8)19)10-5-4-7(15)6-9(10)16/h4-6H,2-3H2,1H3,(H,17,20). The number of H-pyrrole nitrogens is 1. The van der Waals surface area contributed by atoms with Crippen molar-refractivity contribution < 1.29 is 4.39 Å². The van der Waals surface area contributed by atoms with Crippen LogP contribution in [0.1, 0.15) is 18.9 Å². The van der Waals surface area contributed by atoms with E-state index >= 15 is 0 Å². The molecule has 2 aromatic rings. The van der Waals surface area contributed by atoms with Gasteiger partial charge in [0, 0.05) is 3.57 Å². The molecule has 0 unspecified atom stereocenters. The summed E-state index contributed by atoms with van der Waals surface area (Å²) in [4.78, 5) is 26.8. The second-order valence-corrected chi connectivity index (χ2v) is 5.75. The highest BCUT2D eigenvalue weighted by Gasteiger charge is 2.15. The molecule has 0 fully saturated rings. The number of rotatable bonds is 3. The summed E-state index contributed by atoms with van der Waals surface area (Å²) in [5.41, 5.74) is -0.407. The van der Waals surface area contributed by atoms with E-state index in [1.807, 2.05) is 29.5 Å². The van der Waals surface area contributed by atoms with Crippen LogP contribution < -0.4 is 11.2 Å². The monoisotopic (exact) mass is 408 g/mol. The molecule has 0 amide bonds. The zero-order chi connectivity index (χ0) is 14.9. The average Bonchev–Trinajstić information content (AvgIpc) is 2.37. The lowest BCUT2D eigenvalue weighted by Crippen LogP contribution is -2.36. The molecule has 7 heteroatoms. The Balaban J connectivity index is 2.77. The van der Waals surface area contributed by atoms with E-state index in [0.29, 0.717) is 21.2 Å². The Bertz CT molecular complexity index is 770. The highest BCUT2D eigenvalue weighted by Crippen LogP contribution is 2.17. The molecule has 106 valence electrons. The quantitative estimate of drug-likeness (QED) is 0.627. The largest absolute Gasteiger partial charge is 0.334 e. The predicted octanol–water partition coefficient (Wildman–Crippen LogP) is 2.88. The molecule has 0 aliphatic rings. The fourth-order valence-corrected chi connectivity index (χ4v) is 2.87. The number of nitrogens with zero attached hydrogens (tertiary/aromatic N) is 1. The summed E-state index contributed by atoms with van der Waals surface area (Å²) in [6, 6.07) is 3.87. The molecular weight excluding hydrogens is 398 g/mol. The number of benzene rings is 1. The highest BCUT2D eigenvalue weighted by molar-refractivity contribution is 14.1. The molecule has 20 heavy (non-hydrogen) atoms. The Hall–Kier alpha value is -1.15. The van der Waals surface area contributed by atoms with Gasteiger partial charge in [-0.3, -0.25) is 9.78 Å². The van der Waals surface area contributed by atoms with Crippen LogP contribution in [0, 0.1) is 9.39 Å². The molecule has 1 aromatic heterocycles. The van der Waals surface area contributed by atoms with Gasteiger partial charge in [0.05, 0.1) is 11.3 Å². The Labute approximate surface area is 132 Å². The SMILES string of the molecule is CCCc1c(Cl)[nH]c(=O)n(-c2ccc(F)cc2I)c1=O. The third-order valence-electron chi connectivity index (χ3n) is 2.80. The van der Waals surface area contributed by atoms with Crippen molar-refractivity contribution >= 4 is 34.2 Å². The fraction of sp³-hybridized carbons (Fsp3) is 0.231. The molecule has 0 saturated carbocycles. The summed E-state index contributed by atoms with van der Waals surface area (Å²) < 4.78 is 14.6. The second kappa shape index (κ2) is 6.09. The maximum absolute atomic E-state index is 13.1. The van der Waals surface area contributed by atoms with E-state index in [1.165, 1.54) is 18.2 Å². The van der Waals surface area contributed by atoms with Crippen LogP contribution in [0.2, 0.25) is 5.15 Å². The lowest BCUT2D eigenvalue weighted by atomic mass is 10.2. The minimum atomic E-state index is -0.635. The van der Waals surface area contributed by atoms with Gasteiger partial charge in [0.15, 0.2) is 0 Å². The normalized spacial score (nSPS) is 10.8. The van der Waals surface area contributed by atoms with Gasteiger partial charge in [-0.05, 0) is 47.2 Å². The summed E-state index contributed by atoms with van der Waals surface area (Å²) in [6.45, 7) is 1.91. The van der Waals surface area contributed by atoms with Crippen LogP contribution in [0.25, 0.3) is 5.69 Å². The van der Waals surface area contributed by atoms with Gasteiger partial charge in [-0.2, -0.15) is 0 Å². The van der Waals surface area contributed by atoms with E-state index < -0.39 is 17.1 Å². The van der Waals surface area contributed by atoms with Crippen LogP contribution in [-0.2, 0) is 6.42 Å². The Morgan fingerprint density at radius 1 is 1.40 bits per heavy atom. The minimum Gasteiger partial charge on any atom is -0.297 e. The zero-order valence-corrected chi connectivity index (χ0v) is 13.5. The van der Waals surface area contributed by atoms with Crippen molar-refractivity contribution in [3.63, 3.8) is 0 Å². The molecule has 2 rings (SSSR count). The highest BCUT2D eigenvalue weighted by atomic mass is 127. The fourth-order valence-electron chi connectivity index (χ4n) is 1.89. The van der Waals surface area contributed by atoms with Crippen molar-refractivity contribution in [3.8, 4) is 5.69 Å². The molecule has 0 aliphatic heterocycles. The van der Waals surface area contributed by atoms with Crippen molar-refractivity contribution in [2.24, 2.45) is 0 Å². The van der Waals surface area contributed by atoms with E-state index in [9.17, 15) is 14.0 Å². The van der Waals surface area contributed by atoms with Crippen molar-refractivity contribution in [1.29, 1.82) is 0 Å². The van der Waals surface area contributed by atoms with Crippen molar-refractivity contribution in [2.45, 2.75) is 19.8 Å². The molecule has 1 aromatic carbocycles. The van der Waals surface area contributed by atoms with Crippen LogP contribution in [0.15, 0.2) is 27.8 Å². The van der Waals surface area contributed by atoms with Crippen LogP contribution in [0.3, 0.4) is 0 Å². The zero-order valence-electron chi connectivity index (χ0n) is 10.5. The van der Waals surface area contributed by atoms with E-state index in [4.69, 9.17) is 11.6 Å². The summed E-state index contributed by atoms with van der Waals surface area (Å²) in [5.74, 6) is -0.426. The first-order valence-corrected chi connectivity index (χ1v) is 7.40. The molecule has 0 aliphatic carbocycles. The maximum atomic E-state index is 13.1. The molecular formula is C13H11ClFIN2O2. The number of aromatic nitrogens is 2. The van der Waals surface area contributed by atoms with Crippen LogP contribution >= 0.6 is 34.2 Å². The van der Waals surface area contributed by atoms with Gasteiger partial charge in [-0.25, -0.2) is 13.8 Å². The van der Waals surface area contributed by atoms with Crippen molar-refractivity contribution in [3.05, 3.63) is 59.1 Å². The average molecular weight is 409 g/mol. The van der Waals surface area contributed by atoms with Gasteiger partial charge in [-0.1, -0.05) is 24.9 Å². The molecule has 0 saturated heterocycles. The molecule has 0 radical (unpaired) electrons. The Morgan fingerprint density at radius 3 is 2.70 bits per heavy atom. The molecule has 0 spiro atoms. The first-order chi connectivity index (χ1) is 9.45. The van der Waals surface area contributed by atoms with Gasteiger partial charge in [0.2, 0.25) is 0 Å². The molecule has 1 N–H and O–H groups in total. The van der Waals surface area contributed by atoms with Crippen LogP contribution in [-0.4, -0.2) is 9.55 Å². The summed E-state index contributed by atoms with van der Waals surface area (Å²) in [6.07, 6.45) is 1.19. The topological polar surface area (TPSA) is 54.9 Å². The number of halogens is 3. The number of nitrogens with one attached hydrogen (secondary N) is 1. The summed E-state index contributed by atoms with van der Waals surface area (Å²) in [5, 5.41) is 0.0650. The number of aromatic amines is 1. The Morgan fingerprint density at radius 2 is 2.10 bits per heavy atom. The minimum absolute atomic E-state index is 0.0650. The van der Waals surface area contributed by atoms with Crippen molar-refractivity contribution in [2.75, 3.05) is 0 Å². The van der Waals surface area contributed by atoms with Crippen LogP contribution in [0.5, 0.6) is 0 Å². The lowest BCUT2D eigenvalue weighted by molar-refractivity contribution is 0.626. The smallest absolute Gasteiger partial charge is 0.297 e. The van der Waals surface area contributed by atoms with Crippen molar-refractivity contribution in [1.82, 2.24) is 9.55 Å². The van der Waals surface area contributed by atoms with Gasteiger partial charge in [-0.15, -0.1) is 0 Å². The van der Waals surface area contributed by atoms with Gasteiger partial charge in [0.1, 0.15) is 11.0 Å². The third kappa shape index (κ3) is 2.80. The van der Waals surface area contributed by atoms with Gasteiger partial charge in [0.25, 0.3) is 5.56 Å². The van der Waals surface area contributed by atoms with E-state index in [-0.39, 0.29) is 5.15 Å². The summed E-state index contributed by atoms with van der Waals surface area (Å²) >= 11 is 7.79. The van der Waals surface area contributed by atoms with E-state index in [1.54, 1.807) is 0 Å². The first kappa shape index (κ1) is 15.2. The molecule has 4 nitrogen and oxygen atoms in total. The van der Waals surface area contributed by atoms with E-state index in [0.717, 1.165) is 11.0 Å². The number of hydrogen-bond acceptors (Lipinski definition) is 2. The van der Waals surface area contributed by atoms with Gasteiger partial charge >= 0.3 is 5.69 Å².